The number of aryl methyl sites for hydroxylation is 2. The quantitative estimate of drug-likeness (QED) is 0.459. The van der Waals surface area contributed by atoms with Crippen molar-refractivity contribution in [3.8, 4) is 6.07 Å². The number of nitriles is 1. The monoisotopic (exact) mass is 337 g/mol. The Morgan fingerprint density at radius 1 is 1.22 bits per heavy atom. The molecule has 0 saturated heterocycles. The van der Waals surface area contributed by atoms with Crippen molar-refractivity contribution in [2.24, 2.45) is 0 Å². The zero-order valence-electron chi connectivity index (χ0n) is 12.8. The fraction of sp³-hybridized carbons (Fsp3) is 0.111. The van der Waals surface area contributed by atoms with E-state index in [0.29, 0.717) is 10.6 Å². The van der Waals surface area contributed by atoms with E-state index in [1.165, 1.54) is 11.8 Å². The van der Waals surface area contributed by atoms with E-state index in [1.807, 2.05) is 50.2 Å². The third kappa shape index (κ3) is 3.24. The van der Waals surface area contributed by atoms with Crippen molar-refractivity contribution >= 4 is 40.3 Å². The van der Waals surface area contributed by atoms with Crippen LogP contribution in [0.25, 0.3) is 0 Å². The second-order valence-corrected chi connectivity index (χ2v) is 6.77. The van der Waals surface area contributed by atoms with Crippen LogP contribution in [0.5, 0.6) is 0 Å². The van der Waals surface area contributed by atoms with Gasteiger partial charge in [-0.25, -0.2) is 0 Å². The lowest BCUT2D eigenvalue weighted by atomic mass is 10.1. The lowest BCUT2D eigenvalue weighted by molar-refractivity contribution is 1.39. The smallest absolute Gasteiger partial charge is 0.124 e. The average molecular weight is 337 g/mol. The first-order valence-corrected chi connectivity index (χ1v) is 8.38. The van der Waals surface area contributed by atoms with E-state index in [9.17, 15) is 5.26 Å². The molecule has 1 heterocycles. The second-order valence-electron chi connectivity index (χ2n) is 5.31. The largest absolute Gasteiger partial charge is 0.348 e. The number of anilines is 2. The molecule has 1 aliphatic rings. The van der Waals surface area contributed by atoms with Crippen molar-refractivity contribution in [3.05, 3.63) is 64.2 Å². The van der Waals surface area contributed by atoms with Gasteiger partial charge in [0.25, 0.3) is 0 Å². The van der Waals surface area contributed by atoms with Gasteiger partial charge in [0, 0.05) is 10.6 Å². The number of benzene rings is 2. The van der Waals surface area contributed by atoms with Crippen molar-refractivity contribution in [1.29, 1.82) is 5.26 Å². The molecule has 0 radical (unpaired) electrons. The highest BCUT2D eigenvalue weighted by Gasteiger charge is 2.21. The number of thioether (sulfide) groups is 1. The molecule has 0 amide bonds. The third-order valence-corrected chi connectivity index (χ3v) is 4.95. The number of hydrogen-bond donors (Lipinski definition) is 2. The summed E-state index contributed by atoms with van der Waals surface area (Å²) in [7, 11) is 0. The van der Waals surface area contributed by atoms with Crippen LogP contribution in [0.2, 0.25) is 0 Å². The Morgan fingerprint density at radius 3 is 2.74 bits per heavy atom. The van der Waals surface area contributed by atoms with E-state index in [4.69, 9.17) is 12.2 Å². The maximum Gasteiger partial charge on any atom is 0.124 e. The molecule has 3 nitrogen and oxygen atoms in total. The van der Waals surface area contributed by atoms with Crippen LogP contribution in [0.3, 0.4) is 0 Å². The molecule has 3 rings (SSSR count). The minimum Gasteiger partial charge on any atom is -0.348 e. The predicted molar refractivity (Wildman–Crippen MR) is 101 cm³/mol. The molecule has 0 spiro atoms. The van der Waals surface area contributed by atoms with E-state index < -0.39 is 0 Å². The van der Waals surface area contributed by atoms with E-state index in [2.05, 4.69) is 22.8 Å². The predicted octanol–water partition coefficient (Wildman–Crippen LogP) is 5.00. The summed E-state index contributed by atoms with van der Waals surface area (Å²) in [5.74, 6) is 0. The number of hydrogen-bond acceptors (Lipinski definition) is 4. The zero-order valence-corrected chi connectivity index (χ0v) is 14.4. The molecule has 23 heavy (non-hydrogen) atoms. The minimum absolute atomic E-state index is 0.434. The highest BCUT2D eigenvalue weighted by molar-refractivity contribution is 8.03. The molecular formula is C18H15N3S2. The summed E-state index contributed by atoms with van der Waals surface area (Å²) in [4.78, 5) is 1.54. The number of para-hydroxylation sites is 1. The number of rotatable bonds is 2. The van der Waals surface area contributed by atoms with Crippen LogP contribution in [0, 0.1) is 25.2 Å². The Balaban J connectivity index is 1.88. The van der Waals surface area contributed by atoms with Gasteiger partial charge in [-0.2, -0.15) is 5.26 Å². The summed E-state index contributed by atoms with van der Waals surface area (Å²) in [5.41, 5.74) is 4.64. The van der Waals surface area contributed by atoms with E-state index in [0.717, 1.165) is 32.4 Å². The molecule has 0 saturated carbocycles. The summed E-state index contributed by atoms with van der Waals surface area (Å²) in [6, 6.07) is 16.3. The van der Waals surface area contributed by atoms with Crippen LogP contribution in [0.15, 0.2) is 58.0 Å². The van der Waals surface area contributed by atoms with Gasteiger partial charge in [0.05, 0.1) is 10.7 Å². The first kappa shape index (κ1) is 15.6. The molecule has 114 valence electrons. The molecule has 2 aromatic rings. The summed E-state index contributed by atoms with van der Waals surface area (Å²) in [6.07, 6.45) is 0. The van der Waals surface area contributed by atoms with Gasteiger partial charge in [0.15, 0.2) is 0 Å². The Bertz CT molecular complexity index is 836. The minimum atomic E-state index is 0.434. The normalized spacial score (nSPS) is 14.5. The second kappa shape index (κ2) is 6.45. The first-order valence-electron chi connectivity index (χ1n) is 7.15. The summed E-state index contributed by atoms with van der Waals surface area (Å²) < 4.78 is 0. The van der Waals surface area contributed by atoms with Gasteiger partial charge in [0.2, 0.25) is 0 Å². The van der Waals surface area contributed by atoms with Crippen molar-refractivity contribution < 1.29 is 0 Å². The summed E-state index contributed by atoms with van der Waals surface area (Å²) in [5, 5.41) is 16.8. The van der Waals surface area contributed by atoms with Crippen molar-refractivity contribution in [2.75, 3.05) is 10.6 Å². The molecule has 2 aromatic carbocycles. The average Bonchev–Trinajstić information content (AvgIpc) is 2.95. The Kier molecular flexibility index (Phi) is 4.37. The van der Waals surface area contributed by atoms with Crippen LogP contribution in [-0.2, 0) is 0 Å². The molecule has 1 aliphatic heterocycles. The van der Waals surface area contributed by atoms with Gasteiger partial charge in [0.1, 0.15) is 16.6 Å². The number of nitrogens with one attached hydrogen (secondary N) is 2. The van der Waals surface area contributed by atoms with Crippen LogP contribution < -0.4 is 10.6 Å². The first-order chi connectivity index (χ1) is 11.1. The van der Waals surface area contributed by atoms with Gasteiger partial charge in [-0.15, -0.1) is 0 Å². The van der Waals surface area contributed by atoms with E-state index in [-0.39, 0.29) is 0 Å². The van der Waals surface area contributed by atoms with Crippen LogP contribution in [-0.4, -0.2) is 4.99 Å². The fourth-order valence-corrected chi connectivity index (χ4v) is 3.62. The summed E-state index contributed by atoms with van der Waals surface area (Å²) in [6.45, 7) is 4.05. The van der Waals surface area contributed by atoms with E-state index >= 15 is 0 Å². The topological polar surface area (TPSA) is 47.9 Å². The van der Waals surface area contributed by atoms with E-state index in [1.54, 1.807) is 0 Å². The molecular weight excluding hydrogens is 322 g/mol. The Hall–Kier alpha value is -2.29. The molecule has 0 aromatic heterocycles. The van der Waals surface area contributed by atoms with Crippen molar-refractivity contribution in [3.63, 3.8) is 0 Å². The van der Waals surface area contributed by atoms with Gasteiger partial charge >= 0.3 is 0 Å². The lowest BCUT2D eigenvalue weighted by Crippen LogP contribution is -2.14. The zero-order chi connectivity index (χ0) is 16.4. The number of thiocarbonyl (C=S) groups is 1. The molecule has 0 fully saturated rings. The SMILES string of the molecule is Cc1ccc(C)c(NC(=S)/C(C#N)=C2/Nc3ccccc3S2)c1. The van der Waals surface area contributed by atoms with Crippen molar-refractivity contribution in [2.45, 2.75) is 18.7 Å². The van der Waals surface area contributed by atoms with Gasteiger partial charge in [-0.05, 0) is 43.2 Å². The highest BCUT2D eigenvalue weighted by Crippen LogP contribution is 2.42. The Morgan fingerprint density at radius 2 is 2.00 bits per heavy atom. The molecule has 2 N–H and O–H groups in total. The fourth-order valence-electron chi connectivity index (χ4n) is 2.29. The molecule has 0 aliphatic carbocycles. The highest BCUT2D eigenvalue weighted by atomic mass is 32.2. The number of nitrogens with zero attached hydrogens (tertiary/aromatic N) is 1. The van der Waals surface area contributed by atoms with Gasteiger partial charge in [-0.1, -0.05) is 48.2 Å². The molecule has 0 unspecified atom stereocenters. The summed E-state index contributed by atoms with van der Waals surface area (Å²) >= 11 is 7.00. The van der Waals surface area contributed by atoms with Gasteiger partial charge in [-0.3, -0.25) is 0 Å². The maximum atomic E-state index is 9.55. The Labute approximate surface area is 145 Å². The van der Waals surface area contributed by atoms with Crippen LogP contribution in [0.1, 0.15) is 11.1 Å². The van der Waals surface area contributed by atoms with Gasteiger partial charge < -0.3 is 10.6 Å². The van der Waals surface area contributed by atoms with Crippen molar-refractivity contribution in [1.82, 2.24) is 0 Å². The molecule has 0 atom stereocenters. The maximum absolute atomic E-state index is 9.55. The third-order valence-electron chi connectivity index (χ3n) is 3.55. The van der Waals surface area contributed by atoms with Crippen LogP contribution >= 0.6 is 24.0 Å². The molecule has 5 heteroatoms. The van der Waals surface area contributed by atoms with Crippen LogP contribution in [0.4, 0.5) is 11.4 Å². The lowest BCUT2D eigenvalue weighted by Gasteiger charge is -2.12. The standard InChI is InChI=1S/C18H15N3S2/c1-11-7-8-12(2)15(9-11)20-17(22)13(10-19)18-21-14-5-3-4-6-16(14)23-18/h3-9,21H,1-2H3,(H,20,22)/b18-13-. The number of fused-ring (bicyclic) bond motifs is 1. The molecule has 0 bridgehead atoms.